The van der Waals surface area contributed by atoms with Gasteiger partial charge in [0.2, 0.25) is 0 Å². The van der Waals surface area contributed by atoms with Crippen molar-refractivity contribution in [2.75, 3.05) is 18.0 Å². The Labute approximate surface area is 234 Å². The summed E-state index contributed by atoms with van der Waals surface area (Å²) in [6.45, 7) is 6.06. The number of nitrogens with one attached hydrogen (secondary N) is 1. The first-order valence-electron chi connectivity index (χ1n) is 14.0. The fourth-order valence-electron chi connectivity index (χ4n) is 6.63. The van der Waals surface area contributed by atoms with E-state index in [4.69, 9.17) is 21.0 Å². The van der Waals surface area contributed by atoms with Crippen molar-refractivity contribution in [1.29, 1.82) is 0 Å². The summed E-state index contributed by atoms with van der Waals surface area (Å²) in [7, 11) is 0. The van der Waals surface area contributed by atoms with Crippen LogP contribution in [0.3, 0.4) is 0 Å². The van der Waals surface area contributed by atoms with E-state index in [1.807, 2.05) is 42.2 Å². The van der Waals surface area contributed by atoms with Gasteiger partial charge in [0.15, 0.2) is 0 Å². The van der Waals surface area contributed by atoms with Crippen LogP contribution in [0.25, 0.3) is 11.0 Å². The number of halogens is 1. The Morgan fingerprint density at radius 2 is 1.87 bits per heavy atom. The van der Waals surface area contributed by atoms with Gasteiger partial charge in [0.1, 0.15) is 11.6 Å². The van der Waals surface area contributed by atoms with Gasteiger partial charge in [-0.05, 0) is 87.9 Å². The molecule has 3 atom stereocenters. The number of hydrogen-bond acceptors (Lipinski definition) is 4. The van der Waals surface area contributed by atoms with Crippen LogP contribution in [0.1, 0.15) is 55.3 Å². The van der Waals surface area contributed by atoms with Crippen LogP contribution >= 0.6 is 11.6 Å². The number of amides is 2. The normalized spacial score (nSPS) is 20.9. The van der Waals surface area contributed by atoms with Gasteiger partial charge in [0.05, 0.1) is 23.8 Å². The fourth-order valence-corrected chi connectivity index (χ4v) is 6.80. The Bertz CT molecular complexity index is 1430. The van der Waals surface area contributed by atoms with Gasteiger partial charge in [-0.2, -0.15) is 0 Å². The molecule has 0 spiro atoms. The summed E-state index contributed by atoms with van der Waals surface area (Å²) in [5.41, 5.74) is 4.15. The predicted octanol–water partition coefficient (Wildman–Crippen LogP) is 6.87. The highest BCUT2D eigenvalue weighted by atomic mass is 35.5. The van der Waals surface area contributed by atoms with Gasteiger partial charge in [-0.1, -0.05) is 29.8 Å². The molecule has 0 saturated carbocycles. The minimum absolute atomic E-state index is 0.143. The lowest BCUT2D eigenvalue weighted by Crippen LogP contribution is -2.45. The quantitative estimate of drug-likeness (QED) is 0.262. The molecule has 2 aromatic heterocycles. The van der Waals surface area contributed by atoms with E-state index in [0.717, 1.165) is 54.2 Å². The molecule has 2 saturated heterocycles. The maximum absolute atomic E-state index is 13.3. The average Bonchev–Trinajstić information content (AvgIpc) is 3.62. The number of urea groups is 1. The van der Waals surface area contributed by atoms with Gasteiger partial charge in [-0.15, -0.1) is 0 Å². The number of benzene rings is 2. The first-order chi connectivity index (χ1) is 19.0. The second kappa shape index (κ2) is 11.1. The number of carbonyl (C=O) groups excluding carboxylic acids is 1. The molecule has 2 aromatic carbocycles. The van der Waals surface area contributed by atoms with Gasteiger partial charge in [0, 0.05) is 41.9 Å². The maximum Gasteiger partial charge on any atom is 0.322 e. The monoisotopic (exact) mass is 545 g/mol. The largest absolute Gasteiger partial charge is 0.467 e. The number of hydrogen-bond donors (Lipinski definition) is 1. The number of imidazole rings is 1. The molecule has 4 aromatic rings. The number of aryl methyl sites for hydroxylation is 2. The molecule has 0 aliphatic carbocycles. The average molecular weight is 546 g/mol. The zero-order chi connectivity index (χ0) is 26.9. The van der Waals surface area contributed by atoms with Crippen LogP contribution in [0.4, 0.5) is 10.5 Å². The van der Waals surface area contributed by atoms with Crippen molar-refractivity contribution < 1.29 is 9.21 Å². The van der Waals surface area contributed by atoms with Gasteiger partial charge >= 0.3 is 6.03 Å². The molecule has 1 N–H and O–H groups in total. The maximum atomic E-state index is 13.3. The standard InChI is InChI=1S/C31H36ClN5O2/c1-21-10-11-25(19-28(21)32)36(31(38)33-20-27-7-5-16-39-27)15-6-14-35-23-12-13-24(35)18-26(17-23)37-22(2)34-29-8-3-4-9-30(29)37/h3-5,7-11,16,19,23-24,26H,6,12-15,17-18,20H2,1-2H3,(H,33,38)/t23-,24+,26?. The zero-order valence-electron chi connectivity index (χ0n) is 22.6. The van der Waals surface area contributed by atoms with E-state index in [9.17, 15) is 4.79 Å². The van der Waals surface area contributed by atoms with Crippen molar-refractivity contribution in [2.24, 2.45) is 0 Å². The van der Waals surface area contributed by atoms with Crippen LogP contribution in [0, 0.1) is 13.8 Å². The van der Waals surface area contributed by atoms with Crippen molar-refractivity contribution in [3.8, 4) is 0 Å². The molecule has 2 aliphatic heterocycles. The Balaban J connectivity index is 1.12. The van der Waals surface area contributed by atoms with Crippen LogP contribution in [0.5, 0.6) is 0 Å². The molecule has 2 bridgehead atoms. The third-order valence-corrected chi connectivity index (χ3v) is 8.91. The van der Waals surface area contributed by atoms with Gasteiger partial charge in [0.25, 0.3) is 0 Å². The molecule has 39 heavy (non-hydrogen) atoms. The lowest BCUT2D eigenvalue weighted by atomic mass is 9.96. The second-order valence-corrected chi connectivity index (χ2v) is 11.3. The highest BCUT2D eigenvalue weighted by Crippen LogP contribution is 2.42. The Kier molecular flexibility index (Phi) is 7.36. The molecular formula is C31H36ClN5O2. The van der Waals surface area contributed by atoms with Crippen molar-refractivity contribution >= 4 is 34.4 Å². The molecule has 8 heteroatoms. The lowest BCUT2D eigenvalue weighted by Gasteiger charge is -2.40. The topological polar surface area (TPSA) is 66.5 Å². The zero-order valence-corrected chi connectivity index (χ0v) is 23.4. The molecule has 7 nitrogen and oxygen atoms in total. The highest BCUT2D eigenvalue weighted by Gasteiger charge is 2.41. The van der Waals surface area contributed by atoms with Crippen LogP contribution in [-0.2, 0) is 6.54 Å². The number of rotatable bonds is 8. The summed E-state index contributed by atoms with van der Waals surface area (Å²) in [6.07, 6.45) is 7.30. The Morgan fingerprint density at radius 1 is 1.08 bits per heavy atom. The molecular weight excluding hydrogens is 510 g/mol. The number of aromatic nitrogens is 2. The van der Waals surface area contributed by atoms with Crippen LogP contribution in [-0.4, -0.2) is 45.7 Å². The van der Waals surface area contributed by atoms with Crippen molar-refractivity contribution in [3.63, 3.8) is 0 Å². The summed E-state index contributed by atoms with van der Waals surface area (Å²) >= 11 is 6.44. The molecule has 1 unspecified atom stereocenters. The van der Waals surface area contributed by atoms with E-state index in [1.54, 1.807) is 6.26 Å². The minimum atomic E-state index is -0.143. The number of piperidine rings is 1. The number of fused-ring (bicyclic) bond motifs is 3. The molecule has 0 radical (unpaired) electrons. The van der Waals surface area contributed by atoms with Crippen molar-refractivity contribution in [2.45, 2.75) is 70.6 Å². The number of nitrogens with zero attached hydrogens (tertiary/aromatic N) is 4. The minimum Gasteiger partial charge on any atom is -0.467 e. The summed E-state index contributed by atoms with van der Waals surface area (Å²) < 4.78 is 7.87. The van der Waals surface area contributed by atoms with E-state index in [-0.39, 0.29) is 6.03 Å². The Morgan fingerprint density at radius 3 is 2.62 bits per heavy atom. The number of para-hydroxylation sites is 2. The van der Waals surface area contributed by atoms with Crippen molar-refractivity contribution in [3.05, 3.63) is 83.0 Å². The van der Waals surface area contributed by atoms with Gasteiger partial charge in [-0.3, -0.25) is 9.80 Å². The summed E-state index contributed by atoms with van der Waals surface area (Å²) in [5, 5.41) is 3.67. The third kappa shape index (κ3) is 5.30. The summed E-state index contributed by atoms with van der Waals surface area (Å²) in [4.78, 5) is 22.6. The van der Waals surface area contributed by atoms with Crippen LogP contribution < -0.4 is 10.2 Å². The predicted molar refractivity (Wildman–Crippen MR) is 155 cm³/mol. The Hall–Kier alpha value is -3.29. The van der Waals surface area contributed by atoms with Gasteiger partial charge < -0.3 is 14.3 Å². The van der Waals surface area contributed by atoms with Gasteiger partial charge in [-0.25, -0.2) is 9.78 Å². The third-order valence-electron chi connectivity index (χ3n) is 8.50. The molecule has 4 heterocycles. The molecule has 2 fully saturated rings. The van der Waals surface area contributed by atoms with Crippen molar-refractivity contribution in [1.82, 2.24) is 19.8 Å². The summed E-state index contributed by atoms with van der Waals surface area (Å²) in [5.74, 6) is 1.84. The summed E-state index contributed by atoms with van der Waals surface area (Å²) in [6, 6.07) is 19.5. The molecule has 204 valence electrons. The first kappa shape index (κ1) is 26.0. The smallest absolute Gasteiger partial charge is 0.322 e. The van der Waals surface area contributed by atoms with E-state index < -0.39 is 0 Å². The first-order valence-corrected chi connectivity index (χ1v) is 14.4. The van der Waals surface area contributed by atoms with E-state index in [2.05, 4.69) is 46.0 Å². The second-order valence-electron chi connectivity index (χ2n) is 10.9. The van der Waals surface area contributed by atoms with Crippen LogP contribution in [0.2, 0.25) is 5.02 Å². The van der Waals surface area contributed by atoms with E-state index in [0.29, 0.717) is 36.2 Å². The number of anilines is 1. The number of carbonyl (C=O) groups is 1. The van der Waals surface area contributed by atoms with E-state index >= 15 is 0 Å². The fraction of sp³-hybridized carbons (Fsp3) is 0.419. The highest BCUT2D eigenvalue weighted by molar-refractivity contribution is 6.31. The molecule has 2 aliphatic rings. The van der Waals surface area contributed by atoms with E-state index in [1.165, 1.54) is 18.4 Å². The molecule has 6 rings (SSSR count). The molecule has 2 amide bonds. The SMILES string of the molecule is Cc1ccc(N(CCCN2[C@@H]3CC[C@H]2CC(n2c(C)nc4ccccc42)C3)C(=O)NCc2ccco2)cc1Cl. The number of furan rings is 1. The lowest BCUT2D eigenvalue weighted by molar-refractivity contribution is 0.107. The van der Waals surface area contributed by atoms with Crippen LogP contribution in [0.15, 0.2) is 65.3 Å².